The minimum Gasteiger partial charge on any atom is -0.349 e. The lowest BCUT2D eigenvalue weighted by Gasteiger charge is -1.97. The van der Waals surface area contributed by atoms with Crippen molar-refractivity contribution in [2.45, 2.75) is 18.9 Å². The third-order valence-corrected chi connectivity index (χ3v) is 2.34. The summed E-state index contributed by atoms with van der Waals surface area (Å²) in [6.07, 6.45) is 3.86. The molecule has 1 N–H and O–H groups in total. The van der Waals surface area contributed by atoms with Crippen LogP contribution in [0.4, 0.5) is 0 Å². The number of thiazole rings is 1. The third-order valence-electron chi connectivity index (χ3n) is 1.57. The van der Waals surface area contributed by atoms with Gasteiger partial charge in [0, 0.05) is 6.04 Å². The highest BCUT2D eigenvalue weighted by Crippen LogP contribution is 2.19. The van der Waals surface area contributed by atoms with Gasteiger partial charge in [-0.3, -0.25) is 9.78 Å². The quantitative estimate of drug-likeness (QED) is 0.716. The number of rotatable bonds is 2. The van der Waals surface area contributed by atoms with Crippen molar-refractivity contribution in [3.05, 3.63) is 16.6 Å². The molecule has 0 atom stereocenters. The molecule has 1 saturated carbocycles. The lowest BCUT2D eigenvalue weighted by molar-refractivity contribution is 0.0955. The van der Waals surface area contributed by atoms with Crippen LogP contribution in [0.25, 0.3) is 0 Å². The maximum atomic E-state index is 11.2. The molecule has 1 aliphatic rings. The Balaban J connectivity index is 1.99. The van der Waals surface area contributed by atoms with Crippen molar-refractivity contribution in [2.75, 3.05) is 0 Å². The number of amides is 1. The molecule has 0 spiro atoms. The zero-order valence-electron chi connectivity index (χ0n) is 5.91. The van der Waals surface area contributed by atoms with Gasteiger partial charge in [-0.15, -0.1) is 11.3 Å². The number of nitrogens with zero attached hydrogens (tertiary/aromatic N) is 1. The van der Waals surface area contributed by atoms with E-state index in [0.29, 0.717) is 10.9 Å². The van der Waals surface area contributed by atoms with Crippen LogP contribution in [0.1, 0.15) is 22.5 Å². The van der Waals surface area contributed by atoms with E-state index in [-0.39, 0.29) is 5.91 Å². The van der Waals surface area contributed by atoms with E-state index in [2.05, 4.69) is 10.3 Å². The fourth-order valence-corrected chi connectivity index (χ4v) is 1.34. The maximum Gasteiger partial charge on any atom is 0.263 e. The van der Waals surface area contributed by atoms with Gasteiger partial charge in [-0.05, 0) is 12.8 Å². The van der Waals surface area contributed by atoms with Crippen LogP contribution in [-0.4, -0.2) is 16.9 Å². The van der Waals surface area contributed by atoms with E-state index in [1.807, 2.05) is 0 Å². The van der Waals surface area contributed by atoms with E-state index in [1.54, 1.807) is 11.7 Å². The molecule has 0 radical (unpaired) electrons. The first-order chi connectivity index (χ1) is 5.36. The molecule has 0 aromatic carbocycles. The minimum atomic E-state index is 0.0231. The molecule has 0 unspecified atom stereocenters. The molecule has 4 heteroatoms. The van der Waals surface area contributed by atoms with Gasteiger partial charge in [-0.1, -0.05) is 0 Å². The molecule has 58 valence electrons. The summed E-state index contributed by atoms with van der Waals surface area (Å²) in [6, 6.07) is 0.435. The Morgan fingerprint density at radius 3 is 3.09 bits per heavy atom. The summed E-state index contributed by atoms with van der Waals surface area (Å²) in [4.78, 5) is 15.7. The second kappa shape index (κ2) is 2.62. The fourth-order valence-electron chi connectivity index (χ4n) is 0.812. The maximum absolute atomic E-state index is 11.2. The first-order valence-electron chi connectivity index (χ1n) is 3.55. The highest BCUT2D eigenvalue weighted by molar-refractivity contribution is 7.11. The molecule has 1 aliphatic carbocycles. The van der Waals surface area contributed by atoms with Crippen LogP contribution in [0.5, 0.6) is 0 Å². The first-order valence-corrected chi connectivity index (χ1v) is 4.43. The van der Waals surface area contributed by atoms with Crippen molar-refractivity contribution in [3.8, 4) is 0 Å². The van der Waals surface area contributed by atoms with Gasteiger partial charge in [-0.25, -0.2) is 0 Å². The highest BCUT2D eigenvalue weighted by Gasteiger charge is 2.24. The van der Waals surface area contributed by atoms with Gasteiger partial charge in [-0.2, -0.15) is 0 Å². The van der Waals surface area contributed by atoms with Crippen LogP contribution in [0.15, 0.2) is 11.7 Å². The van der Waals surface area contributed by atoms with Gasteiger partial charge in [0.1, 0.15) is 4.88 Å². The van der Waals surface area contributed by atoms with Crippen LogP contribution in [0.2, 0.25) is 0 Å². The molecular formula is C7H8N2OS. The van der Waals surface area contributed by atoms with Crippen molar-refractivity contribution >= 4 is 17.2 Å². The summed E-state index contributed by atoms with van der Waals surface area (Å²) in [5.41, 5.74) is 1.67. The Morgan fingerprint density at radius 1 is 1.73 bits per heavy atom. The molecule has 1 aromatic rings. The molecule has 11 heavy (non-hydrogen) atoms. The van der Waals surface area contributed by atoms with Crippen LogP contribution >= 0.6 is 11.3 Å². The minimum absolute atomic E-state index is 0.0231. The average Bonchev–Trinajstić information content (AvgIpc) is 2.67. The molecule has 1 amide bonds. The summed E-state index contributed by atoms with van der Waals surface area (Å²) in [5, 5.41) is 2.89. The van der Waals surface area contributed by atoms with Crippen molar-refractivity contribution in [3.63, 3.8) is 0 Å². The SMILES string of the molecule is O=C(NC1CC1)c1cncs1. The second-order valence-corrected chi connectivity index (χ2v) is 3.50. The van der Waals surface area contributed by atoms with Crippen LogP contribution in [0.3, 0.4) is 0 Å². The largest absolute Gasteiger partial charge is 0.349 e. The number of carbonyl (C=O) groups excluding carboxylic acids is 1. The summed E-state index contributed by atoms with van der Waals surface area (Å²) in [7, 11) is 0. The Morgan fingerprint density at radius 2 is 2.55 bits per heavy atom. The Kier molecular flexibility index (Phi) is 1.62. The highest BCUT2D eigenvalue weighted by atomic mass is 32.1. The summed E-state index contributed by atoms with van der Waals surface area (Å²) >= 11 is 1.38. The van der Waals surface area contributed by atoms with Gasteiger partial charge < -0.3 is 5.32 Å². The predicted octanol–water partition coefficient (Wildman–Crippen LogP) is 1.04. The normalized spacial score (nSPS) is 16.4. The number of hydrogen-bond acceptors (Lipinski definition) is 3. The topological polar surface area (TPSA) is 42.0 Å². The van der Waals surface area contributed by atoms with Crippen molar-refractivity contribution < 1.29 is 4.79 Å². The molecule has 0 saturated heterocycles. The zero-order valence-corrected chi connectivity index (χ0v) is 6.73. The van der Waals surface area contributed by atoms with E-state index < -0.39 is 0 Å². The molecule has 2 rings (SSSR count). The molecule has 0 bridgehead atoms. The molecular weight excluding hydrogens is 160 g/mol. The van der Waals surface area contributed by atoms with E-state index in [1.165, 1.54) is 11.3 Å². The molecule has 1 fully saturated rings. The molecule has 3 nitrogen and oxygen atoms in total. The number of aromatic nitrogens is 1. The van der Waals surface area contributed by atoms with Gasteiger partial charge in [0.2, 0.25) is 0 Å². The Labute approximate surface area is 68.5 Å². The van der Waals surface area contributed by atoms with E-state index >= 15 is 0 Å². The third kappa shape index (κ3) is 1.57. The first kappa shape index (κ1) is 6.79. The smallest absolute Gasteiger partial charge is 0.263 e. The predicted molar refractivity (Wildman–Crippen MR) is 42.6 cm³/mol. The van der Waals surface area contributed by atoms with Gasteiger partial charge in [0.15, 0.2) is 0 Å². The Hall–Kier alpha value is -0.900. The monoisotopic (exact) mass is 168 g/mol. The number of hydrogen-bond donors (Lipinski definition) is 1. The van der Waals surface area contributed by atoms with Gasteiger partial charge in [0.25, 0.3) is 5.91 Å². The molecule has 1 heterocycles. The lowest BCUT2D eigenvalue weighted by Crippen LogP contribution is -2.24. The average molecular weight is 168 g/mol. The van der Waals surface area contributed by atoms with Crippen LogP contribution < -0.4 is 5.32 Å². The standard InChI is InChI=1S/C7H8N2OS/c10-7(9-5-1-2-5)6-3-8-4-11-6/h3-5H,1-2H2,(H,9,10). The summed E-state index contributed by atoms with van der Waals surface area (Å²) in [6.45, 7) is 0. The van der Waals surface area contributed by atoms with Gasteiger partial charge in [0.05, 0.1) is 11.7 Å². The van der Waals surface area contributed by atoms with Crippen molar-refractivity contribution in [2.24, 2.45) is 0 Å². The zero-order chi connectivity index (χ0) is 7.68. The summed E-state index contributed by atoms with van der Waals surface area (Å²) < 4.78 is 0. The van der Waals surface area contributed by atoms with Crippen LogP contribution in [0, 0.1) is 0 Å². The van der Waals surface area contributed by atoms with Crippen LogP contribution in [-0.2, 0) is 0 Å². The fraction of sp³-hybridized carbons (Fsp3) is 0.429. The number of nitrogens with one attached hydrogen (secondary N) is 1. The van der Waals surface area contributed by atoms with E-state index in [0.717, 1.165) is 12.8 Å². The Bertz CT molecular complexity index is 253. The van der Waals surface area contributed by atoms with Crippen molar-refractivity contribution in [1.82, 2.24) is 10.3 Å². The lowest BCUT2D eigenvalue weighted by atomic mass is 10.5. The number of carbonyl (C=O) groups is 1. The van der Waals surface area contributed by atoms with Gasteiger partial charge >= 0.3 is 0 Å². The molecule has 1 aromatic heterocycles. The second-order valence-electron chi connectivity index (χ2n) is 2.61. The van der Waals surface area contributed by atoms with E-state index in [9.17, 15) is 4.79 Å². The summed E-state index contributed by atoms with van der Waals surface area (Å²) in [5.74, 6) is 0.0231. The van der Waals surface area contributed by atoms with E-state index in [4.69, 9.17) is 0 Å². The molecule has 0 aliphatic heterocycles. The van der Waals surface area contributed by atoms with Crippen molar-refractivity contribution in [1.29, 1.82) is 0 Å².